The van der Waals surface area contributed by atoms with Crippen LogP contribution < -0.4 is 10.2 Å². The summed E-state index contributed by atoms with van der Waals surface area (Å²) in [5.74, 6) is 1.51. The molecule has 1 aromatic carbocycles. The first-order valence-corrected chi connectivity index (χ1v) is 9.98. The average Bonchev–Trinajstić information content (AvgIpc) is 2.70. The van der Waals surface area contributed by atoms with Crippen LogP contribution in [0.15, 0.2) is 42.6 Å². The standard InChI is InChI=1S/C22H30N4O/c1-4-25(5-2)20-8-6-19(7-9-20)24-21-16-18(10-13-23-21)22(27)26-14-11-17(3)12-15-26/h6-10,13,16-17H,4-5,11-12,14-15H2,1-3H3,(H,23,24). The fourth-order valence-corrected chi connectivity index (χ4v) is 3.52. The molecule has 27 heavy (non-hydrogen) atoms. The van der Waals surface area contributed by atoms with Gasteiger partial charge in [-0.25, -0.2) is 4.98 Å². The summed E-state index contributed by atoms with van der Waals surface area (Å²) in [5.41, 5.74) is 2.87. The summed E-state index contributed by atoms with van der Waals surface area (Å²) < 4.78 is 0. The van der Waals surface area contributed by atoms with Gasteiger partial charge in [-0.05, 0) is 69.0 Å². The van der Waals surface area contributed by atoms with Gasteiger partial charge in [-0.3, -0.25) is 4.79 Å². The SMILES string of the molecule is CCN(CC)c1ccc(Nc2cc(C(=O)N3CCC(C)CC3)ccn2)cc1. The van der Waals surface area contributed by atoms with Crippen molar-refractivity contribution >= 4 is 23.1 Å². The minimum Gasteiger partial charge on any atom is -0.372 e. The number of amides is 1. The summed E-state index contributed by atoms with van der Waals surface area (Å²) in [5, 5.41) is 3.31. The minimum absolute atomic E-state index is 0.101. The normalized spacial score (nSPS) is 14.9. The second kappa shape index (κ2) is 8.89. The van der Waals surface area contributed by atoms with Crippen LogP contribution in [0.1, 0.15) is 44.0 Å². The van der Waals surface area contributed by atoms with Gasteiger partial charge in [0.05, 0.1) is 0 Å². The van der Waals surface area contributed by atoms with Crippen molar-refractivity contribution in [1.82, 2.24) is 9.88 Å². The van der Waals surface area contributed by atoms with E-state index in [0.29, 0.717) is 17.3 Å². The highest BCUT2D eigenvalue weighted by molar-refractivity contribution is 5.95. The summed E-state index contributed by atoms with van der Waals surface area (Å²) >= 11 is 0. The van der Waals surface area contributed by atoms with Gasteiger partial charge in [0, 0.05) is 49.3 Å². The van der Waals surface area contributed by atoms with Gasteiger partial charge >= 0.3 is 0 Å². The number of nitrogens with one attached hydrogen (secondary N) is 1. The Morgan fingerprint density at radius 2 is 1.81 bits per heavy atom. The molecule has 1 saturated heterocycles. The Balaban J connectivity index is 1.68. The van der Waals surface area contributed by atoms with Crippen molar-refractivity contribution in [2.45, 2.75) is 33.6 Å². The fourth-order valence-electron chi connectivity index (χ4n) is 3.52. The van der Waals surface area contributed by atoms with E-state index >= 15 is 0 Å². The smallest absolute Gasteiger partial charge is 0.254 e. The summed E-state index contributed by atoms with van der Waals surface area (Å²) in [6.07, 6.45) is 3.87. The molecule has 5 heteroatoms. The van der Waals surface area contributed by atoms with Crippen molar-refractivity contribution in [2.75, 3.05) is 36.4 Å². The molecule has 0 saturated carbocycles. The molecule has 1 N–H and O–H groups in total. The zero-order valence-electron chi connectivity index (χ0n) is 16.6. The highest BCUT2D eigenvalue weighted by Gasteiger charge is 2.21. The third kappa shape index (κ3) is 4.79. The number of hydrogen-bond acceptors (Lipinski definition) is 4. The number of pyridine rings is 1. The van der Waals surface area contributed by atoms with Gasteiger partial charge in [0.1, 0.15) is 5.82 Å². The van der Waals surface area contributed by atoms with E-state index in [1.165, 1.54) is 5.69 Å². The first-order valence-electron chi connectivity index (χ1n) is 9.98. The number of rotatable bonds is 6. The molecule has 1 aliphatic heterocycles. The van der Waals surface area contributed by atoms with E-state index in [1.807, 2.05) is 11.0 Å². The van der Waals surface area contributed by atoms with E-state index in [9.17, 15) is 4.79 Å². The van der Waals surface area contributed by atoms with Crippen LogP contribution in [0.25, 0.3) is 0 Å². The van der Waals surface area contributed by atoms with Gasteiger partial charge in [0.15, 0.2) is 0 Å². The molecule has 1 aromatic heterocycles. The number of nitrogens with zero attached hydrogens (tertiary/aromatic N) is 3. The molecule has 3 rings (SSSR count). The topological polar surface area (TPSA) is 48.5 Å². The van der Waals surface area contributed by atoms with Crippen molar-refractivity contribution in [3.8, 4) is 0 Å². The second-order valence-electron chi connectivity index (χ2n) is 7.25. The van der Waals surface area contributed by atoms with Crippen LogP contribution in [0, 0.1) is 5.92 Å². The number of aromatic nitrogens is 1. The maximum Gasteiger partial charge on any atom is 0.254 e. The predicted octanol–water partition coefficient (Wildman–Crippen LogP) is 4.54. The van der Waals surface area contributed by atoms with Crippen molar-refractivity contribution < 1.29 is 4.79 Å². The number of likely N-dealkylation sites (tertiary alicyclic amines) is 1. The molecule has 1 amide bonds. The summed E-state index contributed by atoms with van der Waals surface area (Å²) in [4.78, 5) is 21.4. The third-order valence-electron chi connectivity index (χ3n) is 5.35. The van der Waals surface area contributed by atoms with Gasteiger partial charge in [-0.2, -0.15) is 0 Å². The van der Waals surface area contributed by atoms with E-state index in [-0.39, 0.29) is 5.91 Å². The molecule has 144 valence electrons. The van der Waals surface area contributed by atoms with Gasteiger partial charge < -0.3 is 15.1 Å². The van der Waals surface area contributed by atoms with Gasteiger partial charge in [0.2, 0.25) is 0 Å². The van der Waals surface area contributed by atoms with Crippen LogP contribution in [0.4, 0.5) is 17.2 Å². The zero-order chi connectivity index (χ0) is 19.2. The molecular weight excluding hydrogens is 336 g/mol. The lowest BCUT2D eigenvalue weighted by atomic mass is 9.99. The van der Waals surface area contributed by atoms with Crippen LogP contribution in [-0.2, 0) is 0 Å². The molecule has 2 heterocycles. The number of carbonyl (C=O) groups is 1. The molecule has 5 nitrogen and oxygen atoms in total. The largest absolute Gasteiger partial charge is 0.372 e. The van der Waals surface area contributed by atoms with Crippen LogP contribution >= 0.6 is 0 Å². The Morgan fingerprint density at radius 1 is 1.15 bits per heavy atom. The fraction of sp³-hybridized carbons (Fsp3) is 0.455. The van der Waals surface area contributed by atoms with E-state index in [4.69, 9.17) is 0 Å². The van der Waals surface area contributed by atoms with E-state index < -0.39 is 0 Å². The number of benzene rings is 1. The average molecular weight is 367 g/mol. The summed E-state index contributed by atoms with van der Waals surface area (Å²) in [6, 6.07) is 12.0. The highest BCUT2D eigenvalue weighted by atomic mass is 16.2. The Hall–Kier alpha value is -2.56. The number of anilines is 3. The molecule has 0 radical (unpaired) electrons. The Labute approximate surface area is 162 Å². The number of piperidine rings is 1. The second-order valence-corrected chi connectivity index (χ2v) is 7.25. The van der Waals surface area contributed by atoms with E-state index in [0.717, 1.165) is 44.7 Å². The number of hydrogen-bond donors (Lipinski definition) is 1. The molecule has 1 fully saturated rings. The number of carbonyl (C=O) groups excluding carboxylic acids is 1. The Kier molecular flexibility index (Phi) is 6.32. The molecular formula is C22H30N4O. The maximum absolute atomic E-state index is 12.8. The maximum atomic E-state index is 12.8. The zero-order valence-corrected chi connectivity index (χ0v) is 16.6. The molecule has 0 unspecified atom stereocenters. The molecule has 0 aliphatic carbocycles. The lowest BCUT2D eigenvalue weighted by Gasteiger charge is -2.30. The highest BCUT2D eigenvalue weighted by Crippen LogP contribution is 2.22. The van der Waals surface area contributed by atoms with E-state index in [2.05, 4.69) is 60.2 Å². The Morgan fingerprint density at radius 3 is 2.44 bits per heavy atom. The van der Waals surface area contributed by atoms with Crippen molar-refractivity contribution in [3.05, 3.63) is 48.2 Å². The first kappa shape index (κ1) is 19.2. The molecule has 0 bridgehead atoms. The quantitative estimate of drug-likeness (QED) is 0.815. The van der Waals surface area contributed by atoms with Gasteiger partial charge in [-0.15, -0.1) is 0 Å². The van der Waals surface area contributed by atoms with Gasteiger partial charge in [-0.1, -0.05) is 6.92 Å². The molecule has 1 aliphatic rings. The third-order valence-corrected chi connectivity index (χ3v) is 5.35. The molecule has 0 atom stereocenters. The van der Waals surface area contributed by atoms with Gasteiger partial charge in [0.25, 0.3) is 5.91 Å². The van der Waals surface area contributed by atoms with Crippen LogP contribution in [0.3, 0.4) is 0 Å². The summed E-state index contributed by atoms with van der Waals surface area (Å²) in [6.45, 7) is 10.2. The predicted molar refractivity (Wildman–Crippen MR) is 112 cm³/mol. The lowest BCUT2D eigenvalue weighted by molar-refractivity contribution is 0.0697. The first-order chi connectivity index (χ1) is 13.1. The molecule has 0 spiro atoms. The van der Waals surface area contributed by atoms with Crippen LogP contribution in [-0.4, -0.2) is 42.0 Å². The van der Waals surface area contributed by atoms with Crippen molar-refractivity contribution in [3.63, 3.8) is 0 Å². The van der Waals surface area contributed by atoms with Crippen LogP contribution in [0.2, 0.25) is 0 Å². The monoisotopic (exact) mass is 366 g/mol. The summed E-state index contributed by atoms with van der Waals surface area (Å²) in [7, 11) is 0. The minimum atomic E-state index is 0.101. The van der Waals surface area contributed by atoms with Crippen molar-refractivity contribution in [1.29, 1.82) is 0 Å². The lowest BCUT2D eigenvalue weighted by Crippen LogP contribution is -2.37. The van der Waals surface area contributed by atoms with Crippen molar-refractivity contribution in [2.24, 2.45) is 5.92 Å². The Bertz CT molecular complexity index is 747. The molecule has 2 aromatic rings. The van der Waals surface area contributed by atoms with E-state index in [1.54, 1.807) is 12.3 Å². The van der Waals surface area contributed by atoms with Crippen LogP contribution in [0.5, 0.6) is 0 Å².